The number of furan rings is 1. The van der Waals surface area contributed by atoms with E-state index in [0.717, 1.165) is 34.4 Å². The zero-order valence-electron chi connectivity index (χ0n) is 12.4. The van der Waals surface area contributed by atoms with E-state index in [0.29, 0.717) is 6.54 Å². The van der Waals surface area contributed by atoms with Crippen molar-refractivity contribution in [2.24, 2.45) is 0 Å². The molecule has 2 rings (SSSR count). The molecule has 104 valence electrons. The Bertz CT molecular complexity index is 593. The van der Waals surface area contributed by atoms with Crippen molar-refractivity contribution in [2.75, 3.05) is 6.54 Å². The van der Waals surface area contributed by atoms with Crippen molar-refractivity contribution in [1.82, 2.24) is 5.32 Å². The summed E-state index contributed by atoms with van der Waals surface area (Å²) in [6.45, 7) is 11.9. The molecule has 0 aliphatic heterocycles. The predicted molar refractivity (Wildman–Crippen MR) is 77.0 cm³/mol. The van der Waals surface area contributed by atoms with Gasteiger partial charge in [0.2, 0.25) is 0 Å². The molecule has 3 heteroatoms. The first-order valence-electron chi connectivity index (χ1n) is 6.77. The van der Waals surface area contributed by atoms with Gasteiger partial charge in [-0.15, -0.1) is 0 Å². The molecule has 1 N–H and O–H groups in total. The van der Waals surface area contributed by atoms with Gasteiger partial charge >= 0.3 is 0 Å². The Labute approximate surface area is 114 Å². The van der Waals surface area contributed by atoms with Gasteiger partial charge in [-0.3, -0.25) is 0 Å². The molecule has 2 aromatic rings. The van der Waals surface area contributed by atoms with Gasteiger partial charge in [-0.2, -0.15) is 0 Å². The number of hydrogen-bond donors (Lipinski definition) is 1. The van der Waals surface area contributed by atoms with Crippen LogP contribution < -0.4 is 5.32 Å². The van der Waals surface area contributed by atoms with Gasteiger partial charge in [0.15, 0.2) is 0 Å². The molecule has 0 amide bonds. The third-order valence-corrected chi connectivity index (χ3v) is 3.30. The maximum Gasteiger partial charge on any atom is 0.137 e. The second-order valence-electron chi connectivity index (χ2n) is 6.03. The van der Waals surface area contributed by atoms with Crippen molar-refractivity contribution in [3.05, 3.63) is 34.8 Å². The lowest BCUT2D eigenvalue weighted by Crippen LogP contribution is -2.18. The second-order valence-corrected chi connectivity index (χ2v) is 6.03. The molecule has 0 saturated carbocycles. The van der Waals surface area contributed by atoms with Crippen LogP contribution in [0.2, 0.25) is 0 Å². The van der Waals surface area contributed by atoms with E-state index < -0.39 is 0 Å². The van der Waals surface area contributed by atoms with Gasteiger partial charge in [0.25, 0.3) is 0 Å². The van der Waals surface area contributed by atoms with Crippen LogP contribution in [0.1, 0.15) is 44.6 Å². The summed E-state index contributed by atoms with van der Waals surface area (Å²) in [4.78, 5) is 0. The molecular weight excluding hydrogens is 241 g/mol. The fraction of sp³-hybridized carbons (Fsp3) is 0.500. The minimum absolute atomic E-state index is 0.0732. The lowest BCUT2D eigenvalue weighted by Gasteiger charge is -2.19. The average molecular weight is 263 g/mol. The lowest BCUT2D eigenvalue weighted by molar-refractivity contribution is 0.486. The number of rotatable bonds is 3. The van der Waals surface area contributed by atoms with Crippen molar-refractivity contribution in [2.45, 2.75) is 46.6 Å². The molecule has 0 aliphatic rings. The van der Waals surface area contributed by atoms with Crippen molar-refractivity contribution in [3.63, 3.8) is 0 Å². The summed E-state index contributed by atoms with van der Waals surface area (Å²) < 4.78 is 19.7. The van der Waals surface area contributed by atoms with Crippen LogP contribution in [0.3, 0.4) is 0 Å². The minimum Gasteiger partial charge on any atom is -0.459 e. The van der Waals surface area contributed by atoms with Gasteiger partial charge < -0.3 is 9.73 Å². The first-order chi connectivity index (χ1) is 8.84. The molecule has 0 radical (unpaired) electrons. The van der Waals surface area contributed by atoms with Crippen LogP contribution in [0, 0.1) is 12.7 Å². The monoisotopic (exact) mass is 263 g/mol. The van der Waals surface area contributed by atoms with E-state index in [1.807, 2.05) is 6.92 Å². The highest BCUT2D eigenvalue weighted by atomic mass is 19.1. The molecule has 0 fully saturated rings. The quantitative estimate of drug-likeness (QED) is 0.893. The summed E-state index contributed by atoms with van der Waals surface area (Å²) in [7, 11) is 0. The molecule has 0 saturated heterocycles. The number of halogens is 1. The predicted octanol–water partition coefficient (Wildman–Crippen LogP) is 4.29. The van der Waals surface area contributed by atoms with Gasteiger partial charge in [-0.25, -0.2) is 4.39 Å². The van der Waals surface area contributed by atoms with Gasteiger partial charge in [-0.05, 0) is 36.6 Å². The normalized spacial score (nSPS) is 12.3. The number of nitrogens with one attached hydrogen (secondary N) is 1. The van der Waals surface area contributed by atoms with E-state index in [1.165, 1.54) is 6.07 Å². The Morgan fingerprint density at radius 2 is 1.95 bits per heavy atom. The summed E-state index contributed by atoms with van der Waals surface area (Å²) in [5.41, 5.74) is 2.68. The minimum atomic E-state index is -0.202. The zero-order valence-corrected chi connectivity index (χ0v) is 12.4. The summed E-state index contributed by atoms with van der Waals surface area (Å²) in [5.74, 6) is 0.712. The van der Waals surface area contributed by atoms with Gasteiger partial charge in [0.05, 0.1) is 6.54 Å². The maximum atomic E-state index is 13.7. The first kappa shape index (κ1) is 14.1. The van der Waals surface area contributed by atoms with Crippen LogP contribution in [-0.2, 0) is 12.0 Å². The smallest absolute Gasteiger partial charge is 0.137 e. The molecule has 1 heterocycles. The number of hydrogen-bond acceptors (Lipinski definition) is 2. The molecule has 0 aliphatic carbocycles. The van der Waals surface area contributed by atoms with Crippen LogP contribution in [0.25, 0.3) is 11.0 Å². The highest BCUT2D eigenvalue weighted by molar-refractivity contribution is 5.86. The van der Waals surface area contributed by atoms with Gasteiger partial charge in [-0.1, -0.05) is 27.7 Å². The first-order valence-corrected chi connectivity index (χ1v) is 6.77. The standard InChI is InChI=1S/C16H22FNO/c1-6-18-9-13-14(16(3,4)5)12-8-11(17)7-10(2)15(12)19-13/h7-8,18H,6,9H2,1-5H3. The molecule has 0 atom stereocenters. The molecule has 1 aromatic heterocycles. The molecule has 19 heavy (non-hydrogen) atoms. The number of benzene rings is 1. The molecule has 1 aromatic carbocycles. The van der Waals surface area contributed by atoms with Crippen LogP contribution in [0.5, 0.6) is 0 Å². The van der Waals surface area contributed by atoms with E-state index in [4.69, 9.17) is 4.42 Å². The zero-order chi connectivity index (χ0) is 14.2. The fourth-order valence-electron chi connectivity index (χ4n) is 2.56. The van der Waals surface area contributed by atoms with E-state index in [1.54, 1.807) is 6.07 Å². The summed E-state index contributed by atoms with van der Waals surface area (Å²) in [6, 6.07) is 3.11. The largest absolute Gasteiger partial charge is 0.459 e. The Kier molecular flexibility index (Phi) is 3.68. The van der Waals surface area contributed by atoms with Crippen molar-refractivity contribution >= 4 is 11.0 Å². The highest BCUT2D eigenvalue weighted by Gasteiger charge is 2.26. The van der Waals surface area contributed by atoms with Crippen molar-refractivity contribution < 1.29 is 8.81 Å². The summed E-state index contributed by atoms with van der Waals surface area (Å²) >= 11 is 0. The highest BCUT2D eigenvalue weighted by Crippen LogP contribution is 2.37. The van der Waals surface area contributed by atoms with Crippen LogP contribution >= 0.6 is 0 Å². The topological polar surface area (TPSA) is 25.2 Å². The third-order valence-electron chi connectivity index (χ3n) is 3.30. The average Bonchev–Trinajstić information content (AvgIpc) is 2.64. The Hall–Kier alpha value is -1.35. The maximum absolute atomic E-state index is 13.7. The Morgan fingerprint density at radius 1 is 1.26 bits per heavy atom. The van der Waals surface area contributed by atoms with Crippen molar-refractivity contribution in [3.8, 4) is 0 Å². The van der Waals surface area contributed by atoms with E-state index in [9.17, 15) is 4.39 Å². The molecule has 2 nitrogen and oxygen atoms in total. The second kappa shape index (κ2) is 4.97. The van der Waals surface area contributed by atoms with Gasteiger partial charge in [0, 0.05) is 10.9 Å². The Balaban J connectivity index is 2.70. The third kappa shape index (κ3) is 2.66. The molecule has 0 spiro atoms. The number of aryl methyl sites for hydroxylation is 1. The van der Waals surface area contributed by atoms with Gasteiger partial charge in [0.1, 0.15) is 17.2 Å². The van der Waals surface area contributed by atoms with E-state index in [-0.39, 0.29) is 11.2 Å². The lowest BCUT2D eigenvalue weighted by atomic mass is 9.84. The van der Waals surface area contributed by atoms with Crippen LogP contribution in [0.4, 0.5) is 4.39 Å². The molecule has 0 bridgehead atoms. The van der Waals surface area contributed by atoms with Crippen molar-refractivity contribution in [1.29, 1.82) is 0 Å². The summed E-state index contributed by atoms with van der Waals surface area (Å²) in [6.07, 6.45) is 0. The SMILES string of the molecule is CCNCc1oc2c(C)cc(F)cc2c1C(C)(C)C. The van der Waals surface area contributed by atoms with Crippen LogP contribution in [0.15, 0.2) is 16.5 Å². The van der Waals surface area contributed by atoms with E-state index in [2.05, 4.69) is 33.0 Å². The summed E-state index contributed by atoms with van der Waals surface area (Å²) in [5, 5.41) is 4.19. The number of fused-ring (bicyclic) bond motifs is 1. The molecular formula is C16H22FNO. The van der Waals surface area contributed by atoms with Crippen LogP contribution in [-0.4, -0.2) is 6.54 Å². The fourth-order valence-corrected chi connectivity index (χ4v) is 2.56. The Morgan fingerprint density at radius 3 is 2.53 bits per heavy atom. The molecule has 0 unspecified atom stereocenters. The van der Waals surface area contributed by atoms with E-state index >= 15 is 0 Å².